The molecule has 0 N–H and O–H groups in total. The van der Waals surface area contributed by atoms with Crippen molar-refractivity contribution in [2.24, 2.45) is 0 Å². The Kier molecular flexibility index (Phi) is 5.93. The van der Waals surface area contributed by atoms with Gasteiger partial charge < -0.3 is 19.0 Å². The van der Waals surface area contributed by atoms with Gasteiger partial charge in [0.1, 0.15) is 5.60 Å². The van der Waals surface area contributed by atoms with Crippen LogP contribution in [0.25, 0.3) is 11.5 Å². The average molecular weight is 421 g/mol. The Balaban J connectivity index is 1.34. The van der Waals surface area contributed by atoms with Crippen molar-refractivity contribution in [2.45, 2.75) is 32.8 Å². The zero-order valence-corrected chi connectivity index (χ0v) is 18.2. The first-order chi connectivity index (χ1) is 14.9. The molecule has 0 bridgehead atoms. The Hall–Kier alpha value is -3.35. The van der Waals surface area contributed by atoms with E-state index in [1.807, 2.05) is 63.2 Å². The molecule has 0 spiro atoms. The molecule has 1 fully saturated rings. The van der Waals surface area contributed by atoms with Crippen molar-refractivity contribution in [1.82, 2.24) is 15.1 Å². The van der Waals surface area contributed by atoms with Crippen LogP contribution in [0.2, 0.25) is 0 Å². The number of amides is 1. The van der Waals surface area contributed by atoms with Crippen LogP contribution in [-0.2, 0) is 11.2 Å². The van der Waals surface area contributed by atoms with Crippen molar-refractivity contribution in [3.63, 3.8) is 0 Å². The molecule has 0 radical (unpaired) electrons. The van der Waals surface area contributed by atoms with Gasteiger partial charge in [0.2, 0.25) is 11.8 Å². The van der Waals surface area contributed by atoms with Crippen LogP contribution < -0.4 is 4.90 Å². The fourth-order valence-electron chi connectivity index (χ4n) is 3.50. The van der Waals surface area contributed by atoms with Crippen LogP contribution in [0.1, 0.15) is 32.2 Å². The molecule has 3 aromatic rings. The Bertz CT molecular complexity index is 1000. The maximum atomic E-state index is 12.2. The van der Waals surface area contributed by atoms with Crippen molar-refractivity contribution >= 4 is 11.8 Å². The van der Waals surface area contributed by atoms with Crippen molar-refractivity contribution < 1.29 is 13.9 Å². The van der Waals surface area contributed by atoms with Crippen molar-refractivity contribution in [2.75, 3.05) is 31.1 Å². The molecule has 31 heavy (non-hydrogen) atoms. The van der Waals surface area contributed by atoms with Gasteiger partial charge in [-0.1, -0.05) is 30.3 Å². The standard InChI is InChI=1S/C24H28N4O3/c1-24(2,3)31-23(29)28-15-13-27(14-16-28)20-11-9-19(10-12-20)22-26-25-21(30-22)17-18-7-5-4-6-8-18/h4-12H,13-17H2,1-3H3. The van der Waals surface area contributed by atoms with Gasteiger partial charge in [-0.3, -0.25) is 0 Å². The number of benzene rings is 2. The minimum atomic E-state index is -0.472. The number of aromatic nitrogens is 2. The van der Waals surface area contributed by atoms with Crippen LogP contribution in [0.3, 0.4) is 0 Å². The summed E-state index contributed by atoms with van der Waals surface area (Å²) in [6.07, 6.45) is 0.374. The maximum absolute atomic E-state index is 12.2. The molecule has 1 saturated heterocycles. The van der Waals surface area contributed by atoms with Gasteiger partial charge in [0, 0.05) is 37.4 Å². The summed E-state index contributed by atoms with van der Waals surface area (Å²) in [6.45, 7) is 8.47. The molecule has 0 atom stereocenters. The lowest BCUT2D eigenvalue weighted by molar-refractivity contribution is 0.0240. The van der Waals surface area contributed by atoms with Gasteiger partial charge in [0.15, 0.2) is 0 Å². The largest absolute Gasteiger partial charge is 0.444 e. The molecule has 1 amide bonds. The highest BCUT2D eigenvalue weighted by molar-refractivity contribution is 5.69. The molecule has 4 rings (SSSR count). The van der Waals surface area contributed by atoms with E-state index >= 15 is 0 Å². The van der Waals surface area contributed by atoms with Gasteiger partial charge in [-0.05, 0) is 50.6 Å². The number of nitrogens with zero attached hydrogens (tertiary/aromatic N) is 4. The summed E-state index contributed by atoms with van der Waals surface area (Å²) in [5.74, 6) is 1.12. The van der Waals surface area contributed by atoms with Crippen molar-refractivity contribution in [3.8, 4) is 11.5 Å². The normalized spacial score (nSPS) is 14.5. The first-order valence-corrected chi connectivity index (χ1v) is 10.6. The van der Waals surface area contributed by atoms with E-state index in [9.17, 15) is 4.79 Å². The molecule has 1 aromatic heterocycles. The molecule has 1 aliphatic heterocycles. The predicted octanol–water partition coefficient (Wildman–Crippen LogP) is 4.38. The molecule has 2 aromatic carbocycles. The highest BCUT2D eigenvalue weighted by Crippen LogP contribution is 2.24. The van der Waals surface area contributed by atoms with Crippen LogP contribution in [0, 0.1) is 0 Å². The van der Waals surface area contributed by atoms with E-state index in [2.05, 4.69) is 27.2 Å². The number of ether oxygens (including phenoxy) is 1. The minimum absolute atomic E-state index is 0.245. The fraction of sp³-hybridized carbons (Fsp3) is 0.375. The summed E-state index contributed by atoms with van der Waals surface area (Å²) in [7, 11) is 0. The van der Waals surface area contributed by atoms with Gasteiger partial charge in [-0.25, -0.2) is 4.79 Å². The lowest BCUT2D eigenvalue weighted by Crippen LogP contribution is -2.50. The fourth-order valence-corrected chi connectivity index (χ4v) is 3.50. The monoisotopic (exact) mass is 420 g/mol. The number of anilines is 1. The van der Waals surface area contributed by atoms with E-state index in [1.165, 1.54) is 0 Å². The summed E-state index contributed by atoms with van der Waals surface area (Å²) in [5, 5.41) is 8.37. The number of piperazine rings is 1. The smallest absolute Gasteiger partial charge is 0.410 e. The van der Waals surface area contributed by atoms with E-state index < -0.39 is 5.60 Å². The lowest BCUT2D eigenvalue weighted by atomic mass is 10.1. The molecule has 2 heterocycles. The Morgan fingerprint density at radius 2 is 1.65 bits per heavy atom. The highest BCUT2D eigenvalue weighted by atomic mass is 16.6. The quantitative estimate of drug-likeness (QED) is 0.624. The van der Waals surface area contributed by atoms with E-state index in [0.29, 0.717) is 31.3 Å². The minimum Gasteiger partial charge on any atom is -0.444 e. The first-order valence-electron chi connectivity index (χ1n) is 10.6. The van der Waals surface area contributed by atoms with Crippen molar-refractivity contribution in [3.05, 3.63) is 66.1 Å². The van der Waals surface area contributed by atoms with E-state index in [-0.39, 0.29) is 6.09 Å². The summed E-state index contributed by atoms with van der Waals surface area (Å²) in [4.78, 5) is 16.3. The molecule has 0 unspecified atom stereocenters. The molecular formula is C24H28N4O3. The van der Waals surface area contributed by atoms with Crippen LogP contribution >= 0.6 is 0 Å². The molecule has 1 aliphatic rings. The summed E-state index contributed by atoms with van der Waals surface area (Å²) in [5.41, 5.74) is 2.66. The number of rotatable bonds is 4. The van der Waals surface area contributed by atoms with Crippen LogP contribution in [-0.4, -0.2) is 53.0 Å². The number of hydrogen-bond donors (Lipinski definition) is 0. The SMILES string of the molecule is CC(C)(C)OC(=O)N1CCN(c2ccc(-c3nnc(Cc4ccccc4)o3)cc2)CC1. The summed E-state index contributed by atoms with van der Waals surface area (Å²) < 4.78 is 11.3. The second-order valence-electron chi connectivity index (χ2n) is 8.66. The average Bonchev–Trinajstić information content (AvgIpc) is 3.22. The van der Waals surface area contributed by atoms with E-state index in [1.54, 1.807) is 4.90 Å². The molecular weight excluding hydrogens is 392 g/mol. The molecule has 0 aliphatic carbocycles. The maximum Gasteiger partial charge on any atom is 0.410 e. The van der Waals surface area contributed by atoms with Crippen LogP contribution in [0.4, 0.5) is 10.5 Å². The number of hydrogen-bond acceptors (Lipinski definition) is 6. The highest BCUT2D eigenvalue weighted by Gasteiger charge is 2.26. The Labute approximate surface area is 182 Å². The molecule has 7 nitrogen and oxygen atoms in total. The number of carbonyl (C=O) groups is 1. The third-order valence-corrected chi connectivity index (χ3v) is 5.08. The first kappa shape index (κ1) is 20.9. The van der Waals surface area contributed by atoms with Crippen molar-refractivity contribution in [1.29, 1.82) is 0 Å². The second-order valence-corrected chi connectivity index (χ2v) is 8.66. The lowest BCUT2D eigenvalue weighted by Gasteiger charge is -2.36. The van der Waals surface area contributed by atoms with Gasteiger partial charge in [-0.2, -0.15) is 0 Å². The van der Waals surface area contributed by atoms with Gasteiger partial charge in [0.05, 0.1) is 6.42 Å². The summed E-state index contributed by atoms with van der Waals surface area (Å²) in [6, 6.07) is 18.2. The number of carbonyl (C=O) groups excluding carboxylic acids is 1. The third kappa shape index (κ3) is 5.42. The Morgan fingerprint density at radius 3 is 2.29 bits per heavy atom. The van der Waals surface area contributed by atoms with Gasteiger partial charge in [-0.15, -0.1) is 10.2 Å². The topological polar surface area (TPSA) is 71.7 Å². The van der Waals surface area contributed by atoms with E-state index in [0.717, 1.165) is 29.9 Å². The van der Waals surface area contributed by atoms with Crippen LogP contribution in [0.5, 0.6) is 0 Å². The zero-order chi connectivity index (χ0) is 21.8. The molecule has 162 valence electrons. The third-order valence-electron chi connectivity index (χ3n) is 5.08. The molecule has 0 saturated carbocycles. The molecule has 7 heteroatoms. The zero-order valence-electron chi connectivity index (χ0n) is 18.2. The predicted molar refractivity (Wildman–Crippen MR) is 119 cm³/mol. The van der Waals surface area contributed by atoms with Gasteiger partial charge >= 0.3 is 6.09 Å². The van der Waals surface area contributed by atoms with Gasteiger partial charge in [0.25, 0.3) is 0 Å². The van der Waals surface area contributed by atoms with E-state index in [4.69, 9.17) is 9.15 Å². The summed E-state index contributed by atoms with van der Waals surface area (Å²) >= 11 is 0. The Morgan fingerprint density at radius 1 is 0.968 bits per heavy atom. The van der Waals surface area contributed by atoms with Crippen LogP contribution in [0.15, 0.2) is 59.0 Å². The second kappa shape index (κ2) is 8.79.